The lowest BCUT2D eigenvalue weighted by Gasteiger charge is -2.18. The lowest BCUT2D eigenvalue weighted by molar-refractivity contribution is -0.167. The second kappa shape index (κ2) is 57.9. The van der Waals surface area contributed by atoms with Gasteiger partial charge in [-0.15, -0.1) is 0 Å². The predicted octanol–water partition coefficient (Wildman–Crippen LogP) is 19.7. The minimum Gasteiger partial charge on any atom is -0.462 e. The Bertz CT molecular complexity index is 1400. The van der Waals surface area contributed by atoms with Crippen molar-refractivity contribution < 1.29 is 28.6 Å². The van der Waals surface area contributed by atoms with Crippen molar-refractivity contribution in [2.75, 3.05) is 13.2 Å². The molecule has 0 heterocycles. The molecule has 0 bridgehead atoms. The van der Waals surface area contributed by atoms with Crippen LogP contribution in [0, 0.1) is 0 Å². The maximum absolute atomic E-state index is 12.9. The van der Waals surface area contributed by atoms with E-state index in [0.29, 0.717) is 19.3 Å². The Morgan fingerprint density at radius 1 is 0.300 bits per heavy atom. The number of esters is 3. The summed E-state index contributed by atoms with van der Waals surface area (Å²) in [6.07, 6.45) is 76.7. The van der Waals surface area contributed by atoms with E-state index in [1.54, 1.807) is 0 Å². The van der Waals surface area contributed by atoms with Crippen molar-refractivity contribution in [2.24, 2.45) is 0 Å². The second-order valence-corrected chi connectivity index (χ2v) is 19.2. The van der Waals surface area contributed by atoms with Gasteiger partial charge in [-0.05, 0) is 122 Å². The number of rotatable bonds is 52. The zero-order valence-corrected chi connectivity index (χ0v) is 45.8. The van der Waals surface area contributed by atoms with E-state index in [9.17, 15) is 14.4 Å². The SMILES string of the molecule is CC/C=C\C/C=C\C/C=C\C/C=C\CCCCCCCCC(=O)OCC(COC(=O)CCCCCCC/C=C\C/C=C\CCCCC)OC(=O)CCCCCCCCC/C=C\C/C=C\CCCCCC. The third-order valence-electron chi connectivity index (χ3n) is 12.3. The van der Waals surface area contributed by atoms with Crippen LogP contribution in [0.4, 0.5) is 0 Å². The molecule has 0 aromatic rings. The van der Waals surface area contributed by atoms with Crippen LogP contribution in [0.3, 0.4) is 0 Å². The first-order valence-corrected chi connectivity index (χ1v) is 29.2. The van der Waals surface area contributed by atoms with Gasteiger partial charge < -0.3 is 14.2 Å². The predicted molar refractivity (Wildman–Crippen MR) is 302 cm³/mol. The molecule has 1 unspecified atom stereocenters. The summed E-state index contributed by atoms with van der Waals surface area (Å²) < 4.78 is 16.9. The van der Waals surface area contributed by atoms with Crippen LogP contribution in [-0.4, -0.2) is 37.2 Å². The summed E-state index contributed by atoms with van der Waals surface area (Å²) in [6, 6.07) is 0. The van der Waals surface area contributed by atoms with Crippen LogP contribution in [0.2, 0.25) is 0 Å². The van der Waals surface area contributed by atoms with Gasteiger partial charge in [-0.2, -0.15) is 0 Å². The van der Waals surface area contributed by atoms with Crippen LogP contribution in [0.25, 0.3) is 0 Å². The van der Waals surface area contributed by atoms with Crippen molar-refractivity contribution in [1.82, 2.24) is 0 Å². The average molecular weight is 974 g/mol. The smallest absolute Gasteiger partial charge is 0.306 e. The van der Waals surface area contributed by atoms with Crippen molar-refractivity contribution in [1.29, 1.82) is 0 Å². The van der Waals surface area contributed by atoms with Crippen molar-refractivity contribution in [3.05, 3.63) is 97.2 Å². The van der Waals surface area contributed by atoms with Gasteiger partial charge in [0.05, 0.1) is 0 Å². The van der Waals surface area contributed by atoms with Crippen LogP contribution < -0.4 is 0 Å². The molecular formula is C64H108O6. The molecule has 0 aliphatic rings. The Balaban J connectivity index is 4.45. The third-order valence-corrected chi connectivity index (χ3v) is 12.3. The number of ether oxygens (including phenoxy) is 3. The molecule has 400 valence electrons. The van der Waals surface area contributed by atoms with Crippen LogP contribution in [0.15, 0.2) is 97.2 Å². The van der Waals surface area contributed by atoms with E-state index in [4.69, 9.17) is 14.2 Å². The summed E-state index contributed by atoms with van der Waals surface area (Å²) >= 11 is 0. The first-order valence-electron chi connectivity index (χ1n) is 29.2. The van der Waals surface area contributed by atoms with Crippen LogP contribution in [0.1, 0.15) is 271 Å². The largest absolute Gasteiger partial charge is 0.462 e. The summed E-state index contributed by atoms with van der Waals surface area (Å²) in [4.78, 5) is 38.2. The Morgan fingerprint density at radius 2 is 0.557 bits per heavy atom. The van der Waals surface area contributed by atoms with Gasteiger partial charge in [-0.3, -0.25) is 14.4 Å². The van der Waals surface area contributed by atoms with Gasteiger partial charge >= 0.3 is 17.9 Å². The topological polar surface area (TPSA) is 78.9 Å². The van der Waals surface area contributed by atoms with E-state index in [1.807, 2.05) is 0 Å². The summed E-state index contributed by atoms with van der Waals surface area (Å²) in [7, 11) is 0. The normalized spacial score (nSPS) is 12.8. The zero-order chi connectivity index (χ0) is 50.7. The highest BCUT2D eigenvalue weighted by molar-refractivity contribution is 5.71. The third kappa shape index (κ3) is 55.3. The fourth-order valence-corrected chi connectivity index (χ4v) is 7.91. The van der Waals surface area contributed by atoms with Crippen molar-refractivity contribution in [3.63, 3.8) is 0 Å². The lowest BCUT2D eigenvalue weighted by atomic mass is 10.1. The Morgan fingerprint density at radius 3 is 0.900 bits per heavy atom. The van der Waals surface area contributed by atoms with Gasteiger partial charge in [-0.25, -0.2) is 0 Å². The quantitative estimate of drug-likeness (QED) is 0.0262. The number of unbranched alkanes of at least 4 members (excludes halogenated alkanes) is 25. The van der Waals surface area contributed by atoms with Crippen molar-refractivity contribution in [3.8, 4) is 0 Å². The fourth-order valence-electron chi connectivity index (χ4n) is 7.91. The van der Waals surface area contributed by atoms with Crippen LogP contribution in [0.5, 0.6) is 0 Å². The van der Waals surface area contributed by atoms with Gasteiger partial charge in [-0.1, -0.05) is 227 Å². The van der Waals surface area contributed by atoms with E-state index < -0.39 is 6.10 Å². The molecule has 70 heavy (non-hydrogen) atoms. The van der Waals surface area contributed by atoms with Crippen LogP contribution in [-0.2, 0) is 28.6 Å². The molecule has 0 fully saturated rings. The first kappa shape index (κ1) is 66.3. The Labute approximate surface area is 432 Å². The number of hydrogen-bond donors (Lipinski definition) is 0. The Hall–Kier alpha value is -3.67. The van der Waals surface area contributed by atoms with Gasteiger partial charge in [0.2, 0.25) is 0 Å². The molecule has 0 saturated heterocycles. The highest BCUT2D eigenvalue weighted by Gasteiger charge is 2.19. The minimum absolute atomic E-state index is 0.0932. The number of allylic oxidation sites excluding steroid dienone is 16. The summed E-state index contributed by atoms with van der Waals surface area (Å²) in [5.74, 6) is -0.923. The maximum atomic E-state index is 12.9. The molecular weight excluding hydrogens is 865 g/mol. The minimum atomic E-state index is -0.796. The maximum Gasteiger partial charge on any atom is 0.306 e. The van der Waals surface area contributed by atoms with E-state index in [2.05, 4.69) is 118 Å². The molecule has 0 aliphatic heterocycles. The highest BCUT2D eigenvalue weighted by Crippen LogP contribution is 2.14. The first-order chi connectivity index (χ1) is 34.5. The number of carbonyl (C=O) groups is 3. The molecule has 0 radical (unpaired) electrons. The van der Waals surface area contributed by atoms with E-state index in [0.717, 1.165) is 135 Å². The average Bonchev–Trinajstić information content (AvgIpc) is 3.36. The van der Waals surface area contributed by atoms with E-state index >= 15 is 0 Å². The number of hydrogen-bond acceptors (Lipinski definition) is 6. The van der Waals surface area contributed by atoms with Crippen molar-refractivity contribution >= 4 is 17.9 Å². The van der Waals surface area contributed by atoms with Gasteiger partial charge in [0.25, 0.3) is 0 Å². The molecule has 6 nitrogen and oxygen atoms in total. The molecule has 0 aliphatic carbocycles. The van der Waals surface area contributed by atoms with Crippen molar-refractivity contribution in [2.45, 2.75) is 277 Å². The second-order valence-electron chi connectivity index (χ2n) is 19.2. The molecule has 0 N–H and O–H groups in total. The van der Waals surface area contributed by atoms with E-state index in [1.165, 1.54) is 96.3 Å². The molecule has 0 rings (SSSR count). The van der Waals surface area contributed by atoms with Gasteiger partial charge in [0.15, 0.2) is 6.10 Å². The zero-order valence-electron chi connectivity index (χ0n) is 45.8. The molecule has 0 aromatic heterocycles. The molecule has 6 heteroatoms. The molecule has 0 saturated carbocycles. The summed E-state index contributed by atoms with van der Waals surface area (Å²) in [5, 5.41) is 0. The van der Waals surface area contributed by atoms with Gasteiger partial charge in [0.1, 0.15) is 13.2 Å². The van der Waals surface area contributed by atoms with Crippen LogP contribution >= 0.6 is 0 Å². The molecule has 0 amide bonds. The number of carbonyl (C=O) groups excluding carboxylic acids is 3. The summed E-state index contributed by atoms with van der Waals surface area (Å²) in [5.41, 5.74) is 0. The molecule has 0 spiro atoms. The fraction of sp³-hybridized carbons (Fsp3) is 0.703. The Kier molecular flexibility index (Phi) is 54.9. The lowest BCUT2D eigenvalue weighted by Crippen LogP contribution is -2.30. The monoisotopic (exact) mass is 973 g/mol. The highest BCUT2D eigenvalue weighted by atomic mass is 16.6. The summed E-state index contributed by atoms with van der Waals surface area (Å²) in [6.45, 7) is 6.46. The standard InChI is InChI=1S/C64H108O6/c1-4-7-10-13-16-19-22-25-28-30-32-34-36-39-42-45-48-51-54-57-63(66)69-60-61(59-68-62(65)56-53-50-47-44-41-38-35-27-24-21-18-15-12-9-6-3)70-64(67)58-55-52-49-46-43-40-37-33-31-29-26-23-20-17-14-11-8-5-2/h7,10,16,18-21,23,25,27-29,31-32,34-35,61H,4-6,8-9,11-15,17,22,24,26,30,33,36-60H2,1-3H3/b10-7-,19-16-,21-18-,23-20-,28-25-,31-29-,34-32-,35-27-. The van der Waals surface area contributed by atoms with Gasteiger partial charge in [0, 0.05) is 19.3 Å². The molecule has 0 aromatic carbocycles. The molecule has 1 atom stereocenters. The van der Waals surface area contributed by atoms with E-state index in [-0.39, 0.29) is 31.1 Å².